The Kier molecular flexibility index (Phi) is 3.83. The molecule has 0 rings (SSSR count). The van der Waals surface area contributed by atoms with E-state index in [0.29, 0.717) is 0 Å². The molecule has 0 aromatic carbocycles. The molecule has 0 amide bonds. The Balaban J connectivity index is 2.95. The third-order valence-electron chi connectivity index (χ3n) is 0.843. The van der Waals surface area contributed by atoms with Crippen LogP contribution in [-0.4, -0.2) is 16.9 Å². The zero-order chi connectivity index (χ0) is 5.86. The Hall–Kier alpha value is 0.558. The first-order chi connectivity index (χ1) is 3.13. The quantitative estimate of drug-likeness (QED) is 0.539. The first-order valence-corrected chi connectivity index (χ1v) is 4.28. The van der Waals surface area contributed by atoms with Crippen molar-refractivity contribution in [1.82, 2.24) is 0 Å². The zero-order valence-corrected chi connectivity index (χ0v) is 7.86. The third kappa shape index (κ3) is 6.56. The average molecular weight is 162 g/mol. The summed E-state index contributed by atoms with van der Waals surface area (Å²) in [5.74, 6) is 0.891. The summed E-state index contributed by atoms with van der Waals surface area (Å²) in [5.41, 5.74) is 0. The molecule has 7 heavy (non-hydrogen) atoms. The SMILES string of the molecule is CC(C)CC(C)[AsH2]. The van der Waals surface area contributed by atoms with E-state index < -0.39 is 0 Å². The molecule has 0 aliphatic rings. The molecule has 0 bridgehead atoms. The van der Waals surface area contributed by atoms with Crippen LogP contribution in [0.5, 0.6) is 0 Å². The predicted molar refractivity (Wildman–Crippen MR) is 37.4 cm³/mol. The van der Waals surface area contributed by atoms with Gasteiger partial charge in [0.15, 0.2) is 0 Å². The van der Waals surface area contributed by atoms with Crippen LogP contribution in [0, 0.1) is 5.92 Å². The molecule has 0 aliphatic carbocycles. The second-order valence-electron chi connectivity index (χ2n) is 2.61. The van der Waals surface area contributed by atoms with E-state index in [1.807, 2.05) is 16.9 Å². The van der Waals surface area contributed by atoms with Crippen LogP contribution >= 0.6 is 0 Å². The van der Waals surface area contributed by atoms with E-state index in [0.717, 1.165) is 10.6 Å². The van der Waals surface area contributed by atoms with Crippen LogP contribution in [0.15, 0.2) is 0 Å². The second-order valence-corrected chi connectivity index (χ2v) is 4.99. The Morgan fingerprint density at radius 3 is 1.71 bits per heavy atom. The molecular formula is C6H15As. The van der Waals surface area contributed by atoms with Gasteiger partial charge in [-0.25, -0.2) is 0 Å². The van der Waals surface area contributed by atoms with Crippen LogP contribution in [0.2, 0.25) is 4.71 Å². The Morgan fingerprint density at radius 1 is 1.29 bits per heavy atom. The van der Waals surface area contributed by atoms with E-state index >= 15 is 0 Å². The first kappa shape index (κ1) is 7.56. The molecule has 0 spiro atoms. The van der Waals surface area contributed by atoms with Crippen LogP contribution in [0.3, 0.4) is 0 Å². The molecule has 0 aromatic heterocycles. The topological polar surface area (TPSA) is 0 Å². The van der Waals surface area contributed by atoms with E-state index in [1.165, 1.54) is 6.42 Å². The molecule has 0 N–H and O–H groups in total. The van der Waals surface area contributed by atoms with Crippen LogP contribution in [0.1, 0.15) is 27.2 Å². The molecule has 0 saturated carbocycles. The van der Waals surface area contributed by atoms with Gasteiger partial charge in [-0.2, -0.15) is 0 Å². The number of rotatable bonds is 2. The first-order valence-electron chi connectivity index (χ1n) is 2.88. The van der Waals surface area contributed by atoms with Crippen molar-refractivity contribution >= 4 is 16.9 Å². The maximum atomic E-state index is 2.29. The third-order valence-corrected chi connectivity index (χ3v) is 1.41. The van der Waals surface area contributed by atoms with Crippen molar-refractivity contribution in [3.63, 3.8) is 0 Å². The van der Waals surface area contributed by atoms with Crippen molar-refractivity contribution in [2.45, 2.75) is 31.9 Å². The van der Waals surface area contributed by atoms with E-state index in [9.17, 15) is 0 Å². The summed E-state index contributed by atoms with van der Waals surface area (Å²) in [7, 11) is 0. The zero-order valence-electron chi connectivity index (χ0n) is 5.44. The van der Waals surface area contributed by atoms with E-state index in [2.05, 4.69) is 20.8 Å². The van der Waals surface area contributed by atoms with Gasteiger partial charge in [-0.1, -0.05) is 0 Å². The Morgan fingerprint density at radius 2 is 1.71 bits per heavy atom. The van der Waals surface area contributed by atoms with Gasteiger partial charge in [-0.15, -0.1) is 0 Å². The number of hydrogen-bond donors (Lipinski definition) is 0. The summed E-state index contributed by atoms with van der Waals surface area (Å²) in [4.78, 5) is 0. The van der Waals surface area contributed by atoms with Crippen molar-refractivity contribution < 1.29 is 0 Å². The van der Waals surface area contributed by atoms with Crippen molar-refractivity contribution in [1.29, 1.82) is 0 Å². The summed E-state index contributed by atoms with van der Waals surface area (Å²) in [6.07, 6.45) is 1.39. The molecule has 0 fully saturated rings. The fourth-order valence-electron chi connectivity index (χ4n) is 0.744. The van der Waals surface area contributed by atoms with E-state index in [1.54, 1.807) is 0 Å². The van der Waals surface area contributed by atoms with Gasteiger partial charge >= 0.3 is 54.7 Å². The van der Waals surface area contributed by atoms with Crippen LogP contribution in [-0.2, 0) is 0 Å². The molecule has 2 unspecified atom stereocenters. The number of hydrogen-bond acceptors (Lipinski definition) is 0. The summed E-state index contributed by atoms with van der Waals surface area (Å²) in [5, 5.41) is 0. The molecule has 2 atom stereocenters. The molecular weight excluding hydrogens is 147 g/mol. The van der Waals surface area contributed by atoms with Crippen molar-refractivity contribution in [2.24, 2.45) is 5.92 Å². The second kappa shape index (κ2) is 3.55. The van der Waals surface area contributed by atoms with Gasteiger partial charge in [0, 0.05) is 0 Å². The van der Waals surface area contributed by atoms with Gasteiger partial charge in [-0.3, -0.25) is 0 Å². The summed E-state index contributed by atoms with van der Waals surface area (Å²) >= 11 is 1.86. The molecule has 1 heteroatoms. The molecule has 0 nitrogen and oxygen atoms in total. The van der Waals surface area contributed by atoms with Crippen LogP contribution < -0.4 is 0 Å². The molecule has 0 aromatic rings. The fourth-order valence-corrected chi connectivity index (χ4v) is 1.89. The van der Waals surface area contributed by atoms with Gasteiger partial charge in [0.2, 0.25) is 0 Å². The Bertz CT molecular complexity index is 33.4. The average Bonchev–Trinajstić information content (AvgIpc) is 1.27. The summed E-state index contributed by atoms with van der Waals surface area (Å²) in [6, 6.07) is 0. The van der Waals surface area contributed by atoms with E-state index in [4.69, 9.17) is 0 Å². The molecule has 0 aliphatic heterocycles. The summed E-state index contributed by atoms with van der Waals surface area (Å²) in [6.45, 7) is 6.84. The van der Waals surface area contributed by atoms with Crippen LogP contribution in [0.25, 0.3) is 0 Å². The standard InChI is InChI=1S/C6H15As/c1-5(2)4-6(3)7/h5-6H,4,7H2,1-3H3. The fraction of sp³-hybridized carbons (Fsp3) is 1.00. The Labute approximate surface area is 55.2 Å². The van der Waals surface area contributed by atoms with Crippen LogP contribution in [0.4, 0.5) is 0 Å². The molecule has 0 saturated heterocycles. The van der Waals surface area contributed by atoms with Gasteiger partial charge in [-0.05, 0) is 0 Å². The van der Waals surface area contributed by atoms with Gasteiger partial charge in [0.25, 0.3) is 0 Å². The minimum absolute atomic E-state index is 0.891. The van der Waals surface area contributed by atoms with E-state index in [-0.39, 0.29) is 0 Å². The van der Waals surface area contributed by atoms with Gasteiger partial charge < -0.3 is 0 Å². The monoisotopic (exact) mass is 162 g/mol. The van der Waals surface area contributed by atoms with Gasteiger partial charge in [0.05, 0.1) is 0 Å². The van der Waals surface area contributed by atoms with Crippen molar-refractivity contribution in [3.05, 3.63) is 0 Å². The van der Waals surface area contributed by atoms with Crippen molar-refractivity contribution in [3.8, 4) is 0 Å². The normalized spacial score (nSPS) is 15.0. The molecule has 0 radical (unpaired) electrons. The minimum atomic E-state index is 0.891. The predicted octanol–water partition coefficient (Wildman–Crippen LogP) is 1.47. The molecule has 0 heterocycles. The maximum absolute atomic E-state index is 2.29. The molecule has 44 valence electrons. The summed E-state index contributed by atoms with van der Waals surface area (Å²) < 4.78 is 0.937. The van der Waals surface area contributed by atoms with Crippen molar-refractivity contribution in [2.75, 3.05) is 0 Å². The van der Waals surface area contributed by atoms with Gasteiger partial charge in [0.1, 0.15) is 0 Å².